The molecule has 0 aromatic heterocycles. The van der Waals surface area contributed by atoms with Crippen molar-refractivity contribution in [2.75, 3.05) is 12.3 Å². The summed E-state index contributed by atoms with van der Waals surface area (Å²) in [6.45, 7) is 4.79. The van der Waals surface area contributed by atoms with Crippen LogP contribution >= 0.6 is 36.6 Å². The van der Waals surface area contributed by atoms with Gasteiger partial charge in [-0.05, 0) is 13.8 Å². The first kappa shape index (κ1) is 14.1. The van der Waals surface area contributed by atoms with E-state index in [-0.39, 0.29) is 30.4 Å². The molecule has 0 aromatic carbocycles. The second-order valence-electron chi connectivity index (χ2n) is 2.62. The van der Waals surface area contributed by atoms with Gasteiger partial charge in [-0.1, -0.05) is 0 Å². The number of thioether (sulfide) groups is 1. The van der Waals surface area contributed by atoms with E-state index in [9.17, 15) is 0 Å². The number of nitrogens with zero attached hydrogens (tertiary/aromatic N) is 1. The topological polar surface area (TPSA) is 38.4 Å². The summed E-state index contributed by atoms with van der Waals surface area (Å²) in [6.07, 6.45) is 0. The lowest BCUT2D eigenvalue weighted by Crippen LogP contribution is -2.32. The van der Waals surface area contributed by atoms with Gasteiger partial charge in [0.25, 0.3) is 0 Å². The van der Waals surface area contributed by atoms with Crippen molar-refractivity contribution < 1.29 is 0 Å². The number of aliphatic imine (C=N–C) groups is 1. The lowest BCUT2D eigenvalue weighted by Gasteiger charge is -2.15. The van der Waals surface area contributed by atoms with E-state index < -0.39 is 0 Å². The van der Waals surface area contributed by atoms with Crippen LogP contribution in [0.1, 0.15) is 13.8 Å². The van der Waals surface area contributed by atoms with Crippen LogP contribution < -0.4 is 5.73 Å². The third-order valence-electron chi connectivity index (χ3n) is 1.46. The number of rotatable bonds is 1. The van der Waals surface area contributed by atoms with Gasteiger partial charge in [0.05, 0.1) is 10.6 Å². The fourth-order valence-corrected chi connectivity index (χ4v) is 1.80. The Hall–Kier alpha value is 0.560. The normalized spacial score (nSPS) is 28.5. The fourth-order valence-electron chi connectivity index (χ4n) is 0.809. The largest absolute Gasteiger partial charge is 0.328 e. The first-order chi connectivity index (χ1) is 4.16. The highest BCUT2D eigenvalue weighted by atomic mass is 35.5. The van der Waals surface area contributed by atoms with Gasteiger partial charge < -0.3 is 5.73 Å². The molecule has 0 spiro atoms. The van der Waals surface area contributed by atoms with Gasteiger partial charge in [-0.3, -0.25) is 4.99 Å². The lowest BCUT2D eigenvalue weighted by molar-refractivity contribution is 0.554. The van der Waals surface area contributed by atoms with Gasteiger partial charge in [0.1, 0.15) is 0 Å². The zero-order chi connectivity index (χ0) is 6.91. The maximum absolute atomic E-state index is 5.51. The molecule has 68 valence electrons. The Labute approximate surface area is 84.2 Å². The molecule has 2 N–H and O–H groups in total. The molecular formula is C6H14Cl2N2S. The van der Waals surface area contributed by atoms with Crippen LogP contribution in [0.5, 0.6) is 0 Å². The summed E-state index contributed by atoms with van der Waals surface area (Å²) in [5, 5.41) is 1.17. The van der Waals surface area contributed by atoms with Crippen LogP contribution in [0.4, 0.5) is 0 Å². The number of nitrogens with two attached hydrogens (primary N) is 1. The minimum atomic E-state index is 0. The van der Waals surface area contributed by atoms with E-state index in [1.807, 2.05) is 6.92 Å². The van der Waals surface area contributed by atoms with Crippen LogP contribution in [-0.4, -0.2) is 22.9 Å². The van der Waals surface area contributed by atoms with E-state index in [0.29, 0.717) is 6.54 Å². The van der Waals surface area contributed by atoms with Crippen LogP contribution in [-0.2, 0) is 0 Å². The molecule has 0 aliphatic carbocycles. The molecule has 0 saturated carbocycles. The Kier molecular flexibility index (Phi) is 6.73. The highest BCUT2D eigenvalue weighted by Crippen LogP contribution is 2.25. The minimum absolute atomic E-state index is 0. The van der Waals surface area contributed by atoms with Crippen molar-refractivity contribution in [1.29, 1.82) is 0 Å². The Bertz CT molecular complexity index is 152. The summed E-state index contributed by atoms with van der Waals surface area (Å²) in [7, 11) is 0. The SMILES string of the molecule is CC1=NC(C)(CN)CS1.Cl.Cl. The van der Waals surface area contributed by atoms with Gasteiger partial charge in [0.2, 0.25) is 0 Å². The predicted octanol–water partition coefficient (Wildman–Crippen LogP) is 1.71. The number of halogens is 2. The highest BCUT2D eigenvalue weighted by molar-refractivity contribution is 8.14. The molecule has 1 aliphatic heterocycles. The number of hydrogen-bond acceptors (Lipinski definition) is 3. The smallest absolute Gasteiger partial charge is 0.0804 e. The second kappa shape index (κ2) is 5.25. The Balaban J connectivity index is 0. The van der Waals surface area contributed by atoms with E-state index in [1.165, 1.54) is 5.04 Å². The zero-order valence-electron chi connectivity index (χ0n) is 6.66. The van der Waals surface area contributed by atoms with Gasteiger partial charge in [-0.15, -0.1) is 36.6 Å². The molecule has 0 bridgehead atoms. The van der Waals surface area contributed by atoms with Crippen molar-refractivity contribution in [3.05, 3.63) is 0 Å². The van der Waals surface area contributed by atoms with Crippen molar-refractivity contribution in [1.82, 2.24) is 0 Å². The summed E-state index contributed by atoms with van der Waals surface area (Å²) in [5.41, 5.74) is 5.55. The molecule has 0 amide bonds. The Morgan fingerprint density at radius 1 is 1.64 bits per heavy atom. The molecule has 2 nitrogen and oxygen atoms in total. The van der Waals surface area contributed by atoms with Crippen molar-refractivity contribution in [3.8, 4) is 0 Å². The van der Waals surface area contributed by atoms with Gasteiger partial charge in [-0.25, -0.2) is 0 Å². The Morgan fingerprint density at radius 2 is 2.18 bits per heavy atom. The maximum atomic E-state index is 5.51. The van der Waals surface area contributed by atoms with Crippen LogP contribution in [0.2, 0.25) is 0 Å². The summed E-state index contributed by atoms with van der Waals surface area (Å²) in [5.74, 6) is 1.05. The summed E-state index contributed by atoms with van der Waals surface area (Å²) in [4.78, 5) is 4.39. The molecule has 0 saturated heterocycles. The average Bonchev–Trinajstić information content (AvgIpc) is 2.13. The molecule has 1 rings (SSSR count). The van der Waals surface area contributed by atoms with Crippen LogP contribution in [0.3, 0.4) is 0 Å². The van der Waals surface area contributed by atoms with E-state index in [4.69, 9.17) is 5.73 Å². The van der Waals surface area contributed by atoms with Gasteiger partial charge >= 0.3 is 0 Å². The fraction of sp³-hybridized carbons (Fsp3) is 0.833. The standard InChI is InChI=1S/C6H12N2S.2ClH/c1-5-8-6(2,3-7)4-9-5;;/h3-4,7H2,1-2H3;2*1H. The molecule has 0 aromatic rings. The van der Waals surface area contributed by atoms with Gasteiger partial charge in [-0.2, -0.15) is 0 Å². The van der Waals surface area contributed by atoms with Gasteiger partial charge in [0.15, 0.2) is 0 Å². The van der Waals surface area contributed by atoms with Crippen molar-refractivity contribution in [3.63, 3.8) is 0 Å². The molecule has 5 heteroatoms. The van der Waals surface area contributed by atoms with Crippen LogP contribution in [0, 0.1) is 0 Å². The molecular weight excluding hydrogens is 203 g/mol. The summed E-state index contributed by atoms with van der Waals surface area (Å²) >= 11 is 1.80. The molecule has 11 heavy (non-hydrogen) atoms. The molecule has 0 fully saturated rings. The predicted molar refractivity (Wildman–Crippen MR) is 57.5 cm³/mol. The first-order valence-corrected chi connectivity index (χ1v) is 4.04. The Morgan fingerprint density at radius 3 is 2.36 bits per heavy atom. The quantitative estimate of drug-likeness (QED) is 0.726. The van der Waals surface area contributed by atoms with Crippen molar-refractivity contribution >= 4 is 41.6 Å². The maximum Gasteiger partial charge on any atom is 0.0804 e. The van der Waals surface area contributed by atoms with Crippen molar-refractivity contribution in [2.45, 2.75) is 19.4 Å². The molecule has 0 radical (unpaired) electrons. The molecule has 1 aliphatic rings. The summed E-state index contributed by atoms with van der Waals surface area (Å²) in [6, 6.07) is 0. The highest BCUT2D eigenvalue weighted by Gasteiger charge is 2.26. The van der Waals surface area contributed by atoms with E-state index in [1.54, 1.807) is 11.8 Å². The number of hydrogen-bond donors (Lipinski definition) is 1. The average molecular weight is 217 g/mol. The van der Waals surface area contributed by atoms with Gasteiger partial charge in [0, 0.05) is 12.3 Å². The van der Waals surface area contributed by atoms with E-state index >= 15 is 0 Å². The van der Waals surface area contributed by atoms with E-state index in [2.05, 4.69) is 11.9 Å². The van der Waals surface area contributed by atoms with Crippen LogP contribution in [0.15, 0.2) is 4.99 Å². The van der Waals surface area contributed by atoms with Crippen LogP contribution in [0.25, 0.3) is 0 Å². The molecule has 1 unspecified atom stereocenters. The first-order valence-electron chi connectivity index (χ1n) is 3.06. The summed E-state index contributed by atoms with van der Waals surface area (Å²) < 4.78 is 0. The minimum Gasteiger partial charge on any atom is -0.328 e. The van der Waals surface area contributed by atoms with Crippen molar-refractivity contribution in [2.24, 2.45) is 10.7 Å². The second-order valence-corrected chi connectivity index (χ2v) is 3.79. The lowest BCUT2D eigenvalue weighted by atomic mass is 10.1. The third-order valence-corrected chi connectivity index (χ3v) is 2.73. The monoisotopic (exact) mass is 216 g/mol. The molecule has 1 atom stereocenters. The zero-order valence-corrected chi connectivity index (χ0v) is 9.11. The van der Waals surface area contributed by atoms with E-state index in [0.717, 1.165) is 5.75 Å². The third kappa shape index (κ3) is 3.65. The molecule has 1 heterocycles.